The van der Waals surface area contributed by atoms with Crippen LogP contribution in [0.3, 0.4) is 0 Å². The summed E-state index contributed by atoms with van der Waals surface area (Å²) in [6.45, 7) is 0.570. The third-order valence-corrected chi connectivity index (χ3v) is 4.83. The van der Waals surface area contributed by atoms with Crippen LogP contribution in [-0.4, -0.2) is 23.7 Å². The number of nitrogens with zero attached hydrogens (tertiary/aromatic N) is 1. The van der Waals surface area contributed by atoms with Gasteiger partial charge in [-0.15, -0.1) is 11.3 Å². The van der Waals surface area contributed by atoms with Crippen molar-refractivity contribution in [3.63, 3.8) is 0 Å². The number of amides is 1. The van der Waals surface area contributed by atoms with E-state index in [-0.39, 0.29) is 25.0 Å². The number of nitrogens with one attached hydrogen (secondary N) is 1. The van der Waals surface area contributed by atoms with Gasteiger partial charge in [-0.05, 0) is 29.8 Å². The first-order chi connectivity index (χ1) is 13.7. The van der Waals surface area contributed by atoms with Crippen molar-refractivity contribution in [2.24, 2.45) is 0 Å². The molecule has 1 aliphatic rings. The van der Waals surface area contributed by atoms with E-state index < -0.39 is 5.97 Å². The van der Waals surface area contributed by atoms with Crippen molar-refractivity contribution in [2.75, 3.05) is 6.79 Å². The Hall–Kier alpha value is -3.39. The van der Waals surface area contributed by atoms with Crippen molar-refractivity contribution in [1.82, 2.24) is 10.3 Å². The highest BCUT2D eigenvalue weighted by Gasteiger charge is 2.15. The number of ether oxygens (including phenoxy) is 3. The van der Waals surface area contributed by atoms with Gasteiger partial charge in [-0.25, -0.2) is 9.78 Å². The predicted molar refractivity (Wildman–Crippen MR) is 101 cm³/mol. The molecule has 0 unspecified atom stereocenters. The van der Waals surface area contributed by atoms with Crippen LogP contribution in [0.4, 0.5) is 0 Å². The third kappa shape index (κ3) is 4.12. The number of fused-ring (bicyclic) bond motifs is 1. The number of aromatic nitrogens is 1. The Labute approximate surface area is 164 Å². The fourth-order valence-corrected chi connectivity index (χ4v) is 3.28. The molecule has 1 amide bonds. The summed E-state index contributed by atoms with van der Waals surface area (Å²) in [6.07, 6.45) is 0. The van der Waals surface area contributed by atoms with Gasteiger partial charge in [-0.2, -0.15) is 0 Å². The second kappa shape index (κ2) is 8.10. The molecule has 142 valence electrons. The Morgan fingerprint density at radius 1 is 1.11 bits per heavy atom. The predicted octanol–water partition coefficient (Wildman–Crippen LogP) is 3.16. The lowest BCUT2D eigenvalue weighted by atomic mass is 10.2. The quantitative estimate of drug-likeness (QED) is 0.644. The largest absolute Gasteiger partial charge is 0.455 e. The molecule has 1 aliphatic heterocycles. The number of carbonyl (C=O) groups is 2. The molecule has 0 bridgehead atoms. The van der Waals surface area contributed by atoms with E-state index in [4.69, 9.17) is 14.2 Å². The topological polar surface area (TPSA) is 86.8 Å². The third-order valence-electron chi connectivity index (χ3n) is 4.01. The number of benzene rings is 2. The van der Waals surface area contributed by atoms with Crippen LogP contribution < -0.4 is 14.8 Å². The highest BCUT2D eigenvalue weighted by Crippen LogP contribution is 2.32. The Balaban J connectivity index is 1.30. The van der Waals surface area contributed by atoms with Crippen LogP contribution in [0.2, 0.25) is 0 Å². The van der Waals surface area contributed by atoms with E-state index in [0.717, 1.165) is 5.56 Å². The number of carbonyl (C=O) groups excluding carboxylic acids is 2. The van der Waals surface area contributed by atoms with Gasteiger partial charge in [0, 0.05) is 11.9 Å². The fraction of sp³-hybridized carbons (Fsp3) is 0.150. The Kier molecular flexibility index (Phi) is 5.20. The Bertz CT molecular complexity index is 1000. The number of hydrogen-bond acceptors (Lipinski definition) is 7. The molecule has 2 aromatic carbocycles. The normalized spacial score (nSPS) is 11.9. The molecule has 1 aromatic heterocycles. The first-order valence-corrected chi connectivity index (χ1v) is 9.40. The molecule has 1 N–H and O–H groups in total. The standard InChI is InChI=1S/C20H16N2O5S/c23-19(21-9-13-6-7-16-17(8-13)27-12-26-16)15-11-28-18(22-15)10-25-20(24)14-4-2-1-3-5-14/h1-8,11H,9-10,12H2,(H,21,23). The average molecular weight is 396 g/mol. The maximum absolute atomic E-state index is 12.3. The summed E-state index contributed by atoms with van der Waals surface area (Å²) in [5.41, 5.74) is 1.65. The molecule has 7 nitrogen and oxygen atoms in total. The van der Waals surface area contributed by atoms with Gasteiger partial charge in [-0.3, -0.25) is 4.79 Å². The summed E-state index contributed by atoms with van der Waals surface area (Å²) in [5.74, 6) is 0.645. The highest BCUT2D eigenvalue weighted by molar-refractivity contribution is 7.09. The molecule has 28 heavy (non-hydrogen) atoms. The van der Waals surface area contributed by atoms with E-state index in [1.807, 2.05) is 24.3 Å². The van der Waals surface area contributed by atoms with Crippen LogP contribution in [0.5, 0.6) is 11.5 Å². The second-order valence-electron chi connectivity index (χ2n) is 5.94. The van der Waals surface area contributed by atoms with Gasteiger partial charge in [-0.1, -0.05) is 24.3 Å². The van der Waals surface area contributed by atoms with Gasteiger partial charge in [0.1, 0.15) is 17.3 Å². The minimum absolute atomic E-state index is 0.0217. The lowest BCUT2D eigenvalue weighted by Crippen LogP contribution is -2.23. The van der Waals surface area contributed by atoms with E-state index in [1.165, 1.54) is 11.3 Å². The van der Waals surface area contributed by atoms with Gasteiger partial charge in [0.15, 0.2) is 11.5 Å². The van der Waals surface area contributed by atoms with Crippen molar-refractivity contribution in [2.45, 2.75) is 13.2 Å². The van der Waals surface area contributed by atoms with E-state index in [2.05, 4.69) is 10.3 Å². The number of rotatable bonds is 6. The summed E-state index contributed by atoms with van der Waals surface area (Å²) in [4.78, 5) is 28.5. The molecule has 3 aromatic rings. The molecule has 0 fully saturated rings. The van der Waals surface area contributed by atoms with Crippen LogP contribution in [0.15, 0.2) is 53.9 Å². The molecule has 0 saturated heterocycles. The molecular weight excluding hydrogens is 380 g/mol. The molecule has 0 saturated carbocycles. The zero-order valence-corrected chi connectivity index (χ0v) is 15.5. The van der Waals surface area contributed by atoms with Gasteiger partial charge < -0.3 is 19.5 Å². The first-order valence-electron chi connectivity index (χ1n) is 8.52. The second-order valence-corrected chi connectivity index (χ2v) is 6.88. The van der Waals surface area contributed by atoms with E-state index in [0.29, 0.717) is 28.6 Å². The average Bonchev–Trinajstić information content (AvgIpc) is 3.40. The highest BCUT2D eigenvalue weighted by atomic mass is 32.1. The van der Waals surface area contributed by atoms with Crippen LogP contribution in [0, 0.1) is 0 Å². The van der Waals surface area contributed by atoms with Gasteiger partial charge in [0.2, 0.25) is 6.79 Å². The number of hydrogen-bond donors (Lipinski definition) is 1. The summed E-state index contributed by atoms with van der Waals surface area (Å²) >= 11 is 1.27. The van der Waals surface area contributed by atoms with Crippen molar-refractivity contribution >= 4 is 23.2 Å². The molecule has 8 heteroatoms. The van der Waals surface area contributed by atoms with Crippen molar-refractivity contribution in [1.29, 1.82) is 0 Å². The lowest BCUT2D eigenvalue weighted by molar-refractivity contribution is 0.0472. The first kappa shape index (κ1) is 18.0. The van der Waals surface area contributed by atoms with Crippen molar-refractivity contribution in [3.8, 4) is 11.5 Å². The van der Waals surface area contributed by atoms with E-state index in [1.54, 1.807) is 29.6 Å². The maximum Gasteiger partial charge on any atom is 0.338 e. The van der Waals surface area contributed by atoms with E-state index >= 15 is 0 Å². The molecule has 0 radical (unpaired) electrons. The molecule has 0 aliphatic carbocycles. The minimum Gasteiger partial charge on any atom is -0.455 e. The van der Waals surface area contributed by atoms with Crippen LogP contribution in [0.1, 0.15) is 31.4 Å². The molecule has 4 rings (SSSR count). The zero-order chi connectivity index (χ0) is 19.3. The van der Waals surface area contributed by atoms with Crippen LogP contribution >= 0.6 is 11.3 Å². The van der Waals surface area contributed by atoms with Crippen LogP contribution in [-0.2, 0) is 17.9 Å². The Morgan fingerprint density at radius 3 is 2.79 bits per heavy atom. The summed E-state index contributed by atoms with van der Waals surface area (Å²) < 4.78 is 15.8. The van der Waals surface area contributed by atoms with Crippen LogP contribution in [0.25, 0.3) is 0 Å². The summed E-state index contributed by atoms with van der Waals surface area (Å²) in [6, 6.07) is 14.2. The Morgan fingerprint density at radius 2 is 1.93 bits per heavy atom. The molecule has 2 heterocycles. The lowest BCUT2D eigenvalue weighted by Gasteiger charge is -2.05. The molecular formula is C20H16N2O5S. The van der Waals surface area contributed by atoms with Crippen molar-refractivity contribution in [3.05, 3.63) is 75.7 Å². The molecule has 0 atom stereocenters. The monoisotopic (exact) mass is 396 g/mol. The van der Waals surface area contributed by atoms with Gasteiger partial charge in [0.05, 0.1) is 5.56 Å². The number of esters is 1. The van der Waals surface area contributed by atoms with Crippen molar-refractivity contribution < 1.29 is 23.8 Å². The zero-order valence-electron chi connectivity index (χ0n) is 14.7. The van der Waals surface area contributed by atoms with Gasteiger partial charge in [0.25, 0.3) is 5.91 Å². The van der Waals surface area contributed by atoms with E-state index in [9.17, 15) is 9.59 Å². The molecule has 0 spiro atoms. The van der Waals surface area contributed by atoms with Gasteiger partial charge >= 0.3 is 5.97 Å². The SMILES string of the molecule is O=C(OCc1nc(C(=O)NCc2ccc3c(c2)OCO3)cs1)c1ccccc1. The minimum atomic E-state index is -0.426. The fourth-order valence-electron chi connectivity index (χ4n) is 2.59. The summed E-state index contributed by atoms with van der Waals surface area (Å²) in [7, 11) is 0. The summed E-state index contributed by atoms with van der Waals surface area (Å²) in [5, 5.41) is 5.00. The maximum atomic E-state index is 12.3. The number of thiazole rings is 1. The smallest absolute Gasteiger partial charge is 0.338 e.